The fraction of sp³-hybridized carbons (Fsp3) is 0.588. The summed E-state index contributed by atoms with van der Waals surface area (Å²) in [5, 5.41) is 15.7. The predicted molar refractivity (Wildman–Crippen MR) is 82.1 cm³/mol. The van der Waals surface area contributed by atoms with Crippen molar-refractivity contribution in [1.82, 2.24) is 10.6 Å². The molecule has 0 spiro atoms. The van der Waals surface area contributed by atoms with Gasteiger partial charge in [-0.25, -0.2) is 4.79 Å². The van der Waals surface area contributed by atoms with Crippen LogP contribution in [0.1, 0.15) is 55.7 Å². The number of aliphatic hydroxyl groups is 1. The molecule has 2 aliphatic rings. The molecule has 4 heteroatoms. The van der Waals surface area contributed by atoms with Crippen LogP contribution in [0, 0.1) is 0 Å². The number of carbonyl (C=O) groups is 1. The molecule has 1 atom stereocenters. The second kappa shape index (κ2) is 6.48. The van der Waals surface area contributed by atoms with Gasteiger partial charge in [0.15, 0.2) is 0 Å². The van der Waals surface area contributed by atoms with Crippen LogP contribution in [-0.2, 0) is 6.42 Å². The molecule has 1 aromatic carbocycles. The SMILES string of the molecule is O=C(NC1CCC(O)CC1)NC1CCCc2ccccc21. The van der Waals surface area contributed by atoms with Gasteiger partial charge in [-0.3, -0.25) is 0 Å². The lowest BCUT2D eigenvalue weighted by molar-refractivity contribution is 0.117. The normalized spacial score (nSPS) is 28.5. The fourth-order valence-corrected chi connectivity index (χ4v) is 3.51. The summed E-state index contributed by atoms with van der Waals surface area (Å²) in [5.74, 6) is 0. The maximum atomic E-state index is 12.2. The Hall–Kier alpha value is -1.55. The summed E-state index contributed by atoms with van der Waals surface area (Å²) in [5.41, 5.74) is 2.62. The van der Waals surface area contributed by atoms with Crippen molar-refractivity contribution in [2.24, 2.45) is 0 Å². The molecule has 0 aliphatic heterocycles. The van der Waals surface area contributed by atoms with Crippen LogP contribution in [0.2, 0.25) is 0 Å². The van der Waals surface area contributed by atoms with Crippen LogP contribution in [-0.4, -0.2) is 23.3 Å². The lowest BCUT2D eigenvalue weighted by Crippen LogP contribution is -2.45. The maximum Gasteiger partial charge on any atom is 0.315 e. The van der Waals surface area contributed by atoms with E-state index in [2.05, 4.69) is 28.8 Å². The van der Waals surface area contributed by atoms with Crippen molar-refractivity contribution in [2.45, 2.75) is 63.1 Å². The number of carbonyl (C=O) groups excluding carboxylic acids is 1. The van der Waals surface area contributed by atoms with E-state index < -0.39 is 0 Å². The van der Waals surface area contributed by atoms with Gasteiger partial charge in [-0.2, -0.15) is 0 Å². The van der Waals surface area contributed by atoms with Gasteiger partial charge < -0.3 is 15.7 Å². The molecule has 2 aliphatic carbocycles. The van der Waals surface area contributed by atoms with E-state index in [9.17, 15) is 9.90 Å². The highest BCUT2D eigenvalue weighted by atomic mass is 16.3. The minimum Gasteiger partial charge on any atom is -0.393 e. The van der Waals surface area contributed by atoms with Crippen molar-refractivity contribution in [2.75, 3.05) is 0 Å². The molecule has 3 rings (SSSR count). The van der Waals surface area contributed by atoms with E-state index in [1.807, 2.05) is 6.07 Å². The summed E-state index contributed by atoms with van der Waals surface area (Å²) in [7, 11) is 0. The zero-order valence-electron chi connectivity index (χ0n) is 12.3. The summed E-state index contributed by atoms with van der Waals surface area (Å²) in [4.78, 5) is 12.2. The molecule has 1 aromatic rings. The molecule has 2 amide bonds. The van der Waals surface area contributed by atoms with Crippen LogP contribution in [0.5, 0.6) is 0 Å². The quantitative estimate of drug-likeness (QED) is 0.783. The van der Waals surface area contributed by atoms with Gasteiger partial charge in [0, 0.05) is 6.04 Å². The van der Waals surface area contributed by atoms with Crippen LogP contribution in [0.3, 0.4) is 0 Å². The molecule has 0 bridgehead atoms. The van der Waals surface area contributed by atoms with Gasteiger partial charge in [0.05, 0.1) is 12.1 Å². The first-order chi connectivity index (χ1) is 10.2. The van der Waals surface area contributed by atoms with Gasteiger partial charge in [0.25, 0.3) is 0 Å². The van der Waals surface area contributed by atoms with Crippen LogP contribution >= 0.6 is 0 Å². The largest absolute Gasteiger partial charge is 0.393 e. The number of urea groups is 1. The zero-order valence-corrected chi connectivity index (χ0v) is 12.3. The monoisotopic (exact) mass is 288 g/mol. The minimum atomic E-state index is -0.184. The van der Waals surface area contributed by atoms with E-state index in [-0.39, 0.29) is 24.2 Å². The number of nitrogens with one attached hydrogen (secondary N) is 2. The molecule has 114 valence electrons. The van der Waals surface area contributed by atoms with Crippen molar-refractivity contribution in [1.29, 1.82) is 0 Å². The highest BCUT2D eigenvalue weighted by Crippen LogP contribution is 2.29. The van der Waals surface area contributed by atoms with E-state index in [0.717, 1.165) is 44.9 Å². The Kier molecular flexibility index (Phi) is 4.44. The van der Waals surface area contributed by atoms with Gasteiger partial charge in [0.2, 0.25) is 0 Å². The Balaban J connectivity index is 1.56. The topological polar surface area (TPSA) is 61.4 Å². The van der Waals surface area contributed by atoms with Crippen molar-refractivity contribution in [3.05, 3.63) is 35.4 Å². The third-order valence-corrected chi connectivity index (χ3v) is 4.71. The highest BCUT2D eigenvalue weighted by molar-refractivity contribution is 5.75. The Labute approximate surface area is 125 Å². The third kappa shape index (κ3) is 3.56. The molecule has 1 saturated carbocycles. The Morgan fingerprint density at radius 1 is 1.05 bits per heavy atom. The lowest BCUT2D eigenvalue weighted by Gasteiger charge is -2.29. The van der Waals surface area contributed by atoms with Crippen LogP contribution in [0.15, 0.2) is 24.3 Å². The Morgan fingerprint density at radius 2 is 1.81 bits per heavy atom. The standard InChI is InChI=1S/C17H24N2O2/c20-14-10-8-13(9-11-14)18-17(21)19-16-7-3-5-12-4-1-2-6-15(12)16/h1-2,4,6,13-14,16,20H,3,5,7-11H2,(H2,18,19,21). The number of rotatable bonds is 2. The number of fused-ring (bicyclic) bond motifs is 1. The van der Waals surface area contributed by atoms with Crippen LogP contribution in [0.4, 0.5) is 4.79 Å². The molecule has 3 N–H and O–H groups in total. The van der Waals surface area contributed by atoms with Gasteiger partial charge in [0.1, 0.15) is 0 Å². The van der Waals surface area contributed by atoms with E-state index in [0.29, 0.717) is 0 Å². The van der Waals surface area contributed by atoms with E-state index in [4.69, 9.17) is 0 Å². The first-order valence-electron chi connectivity index (χ1n) is 8.05. The first kappa shape index (κ1) is 14.4. The number of benzene rings is 1. The van der Waals surface area contributed by atoms with Crippen molar-refractivity contribution < 1.29 is 9.90 Å². The van der Waals surface area contributed by atoms with Gasteiger partial charge in [-0.1, -0.05) is 24.3 Å². The minimum absolute atomic E-state index is 0.0712. The van der Waals surface area contributed by atoms with Gasteiger partial charge in [-0.15, -0.1) is 0 Å². The highest BCUT2D eigenvalue weighted by Gasteiger charge is 2.24. The first-order valence-corrected chi connectivity index (χ1v) is 8.05. The summed E-state index contributed by atoms with van der Waals surface area (Å²) in [6.45, 7) is 0. The van der Waals surface area contributed by atoms with Gasteiger partial charge >= 0.3 is 6.03 Å². The lowest BCUT2D eigenvalue weighted by atomic mass is 9.88. The molecule has 0 radical (unpaired) electrons. The number of aryl methyl sites for hydroxylation is 1. The predicted octanol–water partition coefficient (Wildman–Crippen LogP) is 2.67. The fourth-order valence-electron chi connectivity index (χ4n) is 3.51. The molecule has 1 unspecified atom stereocenters. The summed E-state index contributed by atoms with van der Waals surface area (Å²) >= 11 is 0. The number of amides is 2. The maximum absolute atomic E-state index is 12.2. The van der Waals surface area contributed by atoms with E-state index >= 15 is 0 Å². The second-order valence-corrected chi connectivity index (χ2v) is 6.27. The molecular weight excluding hydrogens is 264 g/mol. The van der Waals surface area contributed by atoms with Crippen LogP contribution < -0.4 is 10.6 Å². The summed E-state index contributed by atoms with van der Waals surface area (Å²) < 4.78 is 0. The number of aliphatic hydroxyl groups excluding tert-OH is 1. The number of hydrogen-bond acceptors (Lipinski definition) is 2. The summed E-state index contributed by atoms with van der Waals surface area (Å²) in [6, 6.07) is 8.64. The second-order valence-electron chi connectivity index (χ2n) is 6.27. The van der Waals surface area contributed by atoms with Crippen molar-refractivity contribution in [3.8, 4) is 0 Å². The third-order valence-electron chi connectivity index (χ3n) is 4.71. The zero-order chi connectivity index (χ0) is 14.7. The average Bonchev–Trinajstić information content (AvgIpc) is 2.50. The molecule has 1 fully saturated rings. The molecule has 0 saturated heterocycles. The van der Waals surface area contributed by atoms with E-state index in [1.165, 1.54) is 11.1 Å². The molecule has 0 heterocycles. The van der Waals surface area contributed by atoms with Crippen LogP contribution in [0.25, 0.3) is 0 Å². The Morgan fingerprint density at radius 3 is 2.62 bits per heavy atom. The molecule has 21 heavy (non-hydrogen) atoms. The van der Waals surface area contributed by atoms with E-state index in [1.54, 1.807) is 0 Å². The number of hydrogen-bond donors (Lipinski definition) is 3. The van der Waals surface area contributed by atoms with Crippen molar-refractivity contribution >= 4 is 6.03 Å². The molecule has 0 aromatic heterocycles. The average molecular weight is 288 g/mol. The Bertz CT molecular complexity index is 495. The summed E-state index contributed by atoms with van der Waals surface area (Å²) in [6.07, 6.45) is 6.37. The smallest absolute Gasteiger partial charge is 0.315 e. The van der Waals surface area contributed by atoms with Gasteiger partial charge in [-0.05, 0) is 56.1 Å². The molecular formula is C17H24N2O2. The van der Waals surface area contributed by atoms with Crippen molar-refractivity contribution in [3.63, 3.8) is 0 Å². The molecule has 4 nitrogen and oxygen atoms in total.